The summed E-state index contributed by atoms with van der Waals surface area (Å²) in [5.41, 5.74) is 3.99. The van der Waals surface area contributed by atoms with Crippen LogP contribution in [-0.4, -0.2) is 42.0 Å². The smallest absolute Gasteiger partial charge is 0.228 e. The molecule has 1 aliphatic heterocycles. The highest BCUT2D eigenvalue weighted by Crippen LogP contribution is 2.22. The lowest BCUT2D eigenvalue weighted by Crippen LogP contribution is -2.49. The number of hydrogen-bond acceptors (Lipinski definition) is 5. The highest BCUT2D eigenvalue weighted by atomic mass is 32.1. The lowest BCUT2D eigenvalue weighted by atomic mass is 10.2. The molecule has 1 N–H and O–H groups in total. The molecule has 0 aliphatic carbocycles. The van der Waals surface area contributed by atoms with Crippen LogP contribution in [0.2, 0.25) is 0 Å². The van der Waals surface area contributed by atoms with E-state index in [0.717, 1.165) is 37.6 Å². The lowest BCUT2D eigenvalue weighted by Gasteiger charge is -2.36. The number of anilines is 3. The van der Waals surface area contributed by atoms with E-state index in [9.17, 15) is 9.18 Å². The summed E-state index contributed by atoms with van der Waals surface area (Å²) in [6, 6.07) is 14.6. The van der Waals surface area contributed by atoms with Crippen LogP contribution in [0.15, 0.2) is 53.9 Å². The van der Waals surface area contributed by atoms with E-state index in [-0.39, 0.29) is 11.7 Å². The molecule has 0 saturated carbocycles. The Morgan fingerprint density at radius 2 is 1.90 bits per heavy atom. The fraction of sp³-hybridized carbons (Fsp3) is 0.273. The summed E-state index contributed by atoms with van der Waals surface area (Å²) in [6.07, 6.45) is 0.298. The van der Waals surface area contributed by atoms with E-state index in [1.165, 1.54) is 34.7 Å². The molecule has 1 aliphatic rings. The SMILES string of the molecule is Cc1cccc(N2CCN(C(=O)Cc3csc(Nc4ccc(F)cc4)n3)CC2)c1. The van der Waals surface area contributed by atoms with Crippen molar-refractivity contribution >= 4 is 33.8 Å². The first-order chi connectivity index (χ1) is 14.1. The van der Waals surface area contributed by atoms with E-state index in [0.29, 0.717) is 11.6 Å². The minimum atomic E-state index is -0.275. The number of aromatic nitrogens is 1. The zero-order valence-electron chi connectivity index (χ0n) is 16.3. The zero-order chi connectivity index (χ0) is 20.2. The van der Waals surface area contributed by atoms with Crippen molar-refractivity contribution in [2.45, 2.75) is 13.3 Å². The molecular formula is C22H23FN4OS. The fourth-order valence-corrected chi connectivity index (χ4v) is 4.14. The van der Waals surface area contributed by atoms with Gasteiger partial charge in [0.25, 0.3) is 0 Å². The van der Waals surface area contributed by atoms with Crippen molar-refractivity contribution in [3.8, 4) is 0 Å². The van der Waals surface area contributed by atoms with Crippen molar-refractivity contribution in [3.05, 3.63) is 71.0 Å². The summed E-state index contributed by atoms with van der Waals surface area (Å²) >= 11 is 1.44. The van der Waals surface area contributed by atoms with Gasteiger partial charge >= 0.3 is 0 Å². The molecule has 2 heterocycles. The number of benzene rings is 2. The average Bonchev–Trinajstić information content (AvgIpc) is 3.16. The molecule has 0 radical (unpaired) electrons. The summed E-state index contributed by atoms with van der Waals surface area (Å²) in [5, 5.41) is 5.74. The number of nitrogens with one attached hydrogen (secondary N) is 1. The number of hydrogen-bond donors (Lipinski definition) is 1. The Kier molecular flexibility index (Phi) is 5.76. The average molecular weight is 411 g/mol. The van der Waals surface area contributed by atoms with E-state index in [4.69, 9.17) is 0 Å². The number of nitrogens with zero attached hydrogens (tertiary/aromatic N) is 3. The Bertz CT molecular complexity index is 980. The predicted octanol–water partition coefficient (Wildman–Crippen LogP) is 4.23. The molecule has 150 valence electrons. The summed E-state index contributed by atoms with van der Waals surface area (Å²) in [4.78, 5) is 21.4. The van der Waals surface area contributed by atoms with Crippen LogP contribution in [0.1, 0.15) is 11.3 Å². The second-order valence-electron chi connectivity index (χ2n) is 7.16. The summed E-state index contributed by atoms with van der Waals surface area (Å²) in [5.74, 6) is -0.170. The second-order valence-corrected chi connectivity index (χ2v) is 8.02. The first-order valence-corrected chi connectivity index (χ1v) is 10.5. The van der Waals surface area contributed by atoms with Gasteiger partial charge in [0.15, 0.2) is 5.13 Å². The molecule has 0 atom stereocenters. The van der Waals surface area contributed by atoms with Gasteiger partial charge in [-0.3, -0.25) is 4.79 Å². The number of carbonyl (C=O) groups is 1. The minimum absolute atomic E-state index is 0.104. The van der Waals surface area contributed by atoms with Crippen molar-refractivity contribution in [1.29, 1.82) is 0 Å². The van der Waals surface area contributed by atoms with Gasteiger partial charge in [0.1, 0.15) is 5.82 Å². The summed E-state index contributed by atoms with van der Waals surface area (Å²) in [6.45, 7) is 5.21. The Morgan fingerprint density at radius 1 is 1.14 bits per heavy atom. The first-order valence-electron chi connectivity index (χ1n) is 9.63. The molecule has 0 bridgehead atoms. The van der Waals surface area contributed by atoms with Gasteiger partial charge in [-0.1, -0.05) is 12.1 Å². The van der Waals surface area contributed by atoms with Crippen molar-refractivity contribution in [2.75, 3.05) is 36.4 Å². The number of rotatable bonds is 5. The molecule has 1 aromatic heterocycles. The normalized spacial score (nSPS) is 14.1. The van der Waals surface area contributed by atoms with Crippen molar-refractivity contribution in [3.63, 3.8) is 0 Å². The third-order valence-electron chi connectivity index (χ3n) is 4.98. The van der Waals surface area contributed by atoms with Crippen molar-refractivity contribution in [2.24, 2.45) is 0 Å². The number of carbonyl (C=O) groups excluding carboxylic acids is 1. The maximum atomic E-state index is 13.0. The zero-order valence-corrected chi connectivity index (χ0v) is 17.1. The Hall–Kier alpha value is -2.93. The molecule has 1 fully saturated rings. The molecule has 4 rings (SSSR count). The Labute approximate surface area is 173 Å². The van der Waals surface area contributed by atoms with Gasteiger partial charge in [0.2, 0.25) is 5.91 Å². The van der Waals surface area contributed by atoms with E-state index in [1.54, 1.807) is 12.1 Å². The molecule has 0 unspecified atom stereocenters. The monoisotopic (exact) mass is 410 g/mol. The van der Waals surface area contributed by atoms with Gasteiger partial charge in [0, 0.05) is 42.9 Å². The topological polar surface area (TPSA) is 48.5 Å². The first kappa shape index (κ1) is 19.4. The van der Waals surface area contributed by atoms with Gasteiger partial charge in [0.05, 0.1) is 12.1 Å². The number of thiazole rings is 1. The maximum absolute atomic E-state index is 13.0. The second kappa shape index (κ2) is 8.61. The van der Waals surface area contributed by atoms with Crippen molar-refractivity contribution < 1.29 is 9.18 Å². The van der Waals surface area contributed by atoms with E-state index < -0.39 is 0 Å². The predicted molar refractivity (Wildman–Crippen MR) is 115 cm³/mol. The molecular weight excluding hydrogens is 387 g/mol. The third kappa shape index (κ3) is 4.92. The highest BCUT2D eigenvalue weighted by Gasteiger charge is 2.22. The number of halogens is 1. The lowest BCUT2D eigenvalue weighted by molar-refractivity contribution is -0.130. The van der Waals surface area contributed by atoms with Crippen LogP contribution in [0, 0.1) is 12.7 Å². The maximum Gasteiger partial charge on any atom is 0.228 e. The molecule has 7 heteroatoms. The molecule has 5 nitrogen and oxygen atoms in total. The molecule has 1 saturated heterocycles. The van der Waals surface area contributed by atoms with Gasteiger partial charge in [-0.2, -0.15) is 0 Å². The Balaban J connectivity index is 1.30. The highest BCUT2D eigenvalue weighted by molar-refractivity contribution is 7.13. The van der Waals surface area contributed by atoms with Crippen LogP contribution in [0.4, 0.5) is 20.9 Å². The van der Waals surface area contributed by atoms with E-state index in [2.05, 4.69) is 46.4 Å². The van der Waals surface area contributed by atoms with Crippen molar-refractivity contribution in [1.82, 2.24) is 9.88 Å². The molecule has 1 amide bonds. The Morgan fingerprint density at radius 3 is 2.62 bits per heavy atom. The van der Waals surface area contributed by atoms with Crippen LogP contribution >= 0.6 is 11.3 Å². The van der Waals surface area contributed by atoms with Crippen LogP contribution in [0.3, 0.4) is 0 Å². The number of piperazine rings is 1. The summed E-state index contributed by atoms with van der Waals surface area (Å²) in [7, 11) is 0. The van der Waals surface area contributed by atoms with E-state index >= 15 is 0 Å². The van der Waals surface area contributed by atoms with Crippen LogP contribution in [0.5, 0.6) is 0 Å². The largest absolute Gasteiger partial charge is 0.368 e. The molecule has 0 spiro atoms. The van der Waals surface area contributed by atoms with Gasteiger partial charge in [-0.25, -0.2) is 9.37 Å². The van der Waals surface area contributed by atoms with Gasteiger partial charge in [-0.15, -0.1) is 11.3 Å². The molecule has 2 aromatic carbocycles. The van der Waals surface area contributed by atoms with Crippen LogP contribution in [-0.2, 0) is 11.2 Å². The van der Waals surface area contributed by atoms with Crippen LogP contribution in [0.25, 0.3) is 0 Å². The van der Waals surface area contributed by atoms with E-state index in [1.807, 2.05) is 10.3 Å². The fourth-order valence-electron chi connectivity index (χ4n) is 3.41. The number of aryl methyl sites for hydroxylation is 1. The van der Waals surface area contributed by atoms with Gasteiger partial charge < -0.3 is 15.1 Å². The number of amides is 1. The minimum Gasteiger partial charge on any atom is -0.368 e. The summed E-state index contributed by atoms with van der Waals surface area (Å²) < 4.78 is 13.0. The van der Waals surface area contributed by atoms with Gasteiger partial charge in [-0.05, 0) is 48.9 Å². The van der Waals surface area contributed by atoms with Crippen LogP contribution < -0.4 is 10.2 Å². The molecule has 3 aromatic rings. The molecule has 29 heavy (non-hydrogen) atoms. The quantitative estimate of drug-likeness (QED) is 0.684. The standard InChI is InChI=1S/C22H23FN4OS/c1-16-3-2-4-20(13-16)26-9-11-27(12-10-26)21(28)14-19-15-29-22(25-19)24-18-7-5-17(23)6-8-18/h2-8,13,15H,9-12,14H2,1H3,(H,24,25). The third-order valence-corrected chi connectivity index (χ3v) is 5.79.